The van der Waals surface area contributed by atoms with E-state index in [4.69, 9.17) is 4.74 Å². The van der Waals surface area contributed by atoms with Gasteiger partial charge in [-0.1, -0.05) is 0 Å². The van der Waals surface area contributed by atoms with Crippen molar-refractivity contribution in [1.29, 1.82) is 0 Å². The van der Waals surface area contributed by atoms with Crippen molar-refractivity contribution < 1.29 is 17.9 Å². The van der Waals surface area contributed by atoms with Crippen LogP contribution in [0, 0.1) is 5.92 Å². The molecule has 1 aromatic carbocycles. The molecule has 2 aliphatic rings. The Hall–Kier alpha value is -1.90. The van der Waals surface area contributed by atoms with E-state index in [0.717, 1.165) is 13.0 Å². The summed E-state index contributed by atoms with van der Waals surface area (Å²) in [6, 6.07) is 8.64. The minimum absolute atomic E-state index is 0.0954. The number of amides is 1. The SMILES string of the molecule is CCOc1ccc(S(=O)(=O)N2CCC(C(=O)N3CCc4sccc4C3)CC2)cc1. The Morgan fingerprint density at radius 1 is 1.14 bits per heavy atom. The molecule has 29 heavy (non-hydrogen) atoms. The number of hydrogen-bond acceptors (Lipinski definition) is 5. The van der Waals surface area contributed by atoms with Crippen LogP contribution in [0.3, 0.4) is 0 Å². The zero-order chi connectivity index (χ0) is 20.4. The van der Waals surface area contributed by atoms with Crippen molar-refractivity contribution in [2.24, 2.45) is 5.92 Å². The number of fused-ring (bicyclic) bond motifs is 1. The maximum atomic E-state index is 13.0. The largest absolute Gasteiger partial charge is 0.494 e. The Morgan fingerprint density at radius 3 is 2.55 bits per heavy atom. The van der Waals surface area contributed by atoms with Gasteiger partial charge < -0.3 is 9.64 Å². The van der Waals surface area contributed by atoms with Crippen LogP contribution >= 0.6 is 11.3 Å². The highest BCUT2D eigenvalue weighted by atomic mass is 32.2. The van der Waals surface area contributed by atoms with E-state index in [-0.39, 0.29) is 16.7 Å². The molecule has 6 nitrogen and oxygen atoms in total. The molecule has 0 N–H and O–H groups in total. The molecule has 0 bridgehead atoms. The van der Waals surface area contributed by atoms with Gasteiger partial charge in [0, 0.05) is 37.0 Å². The van der Waals surface area contributed by atoms with Gasteiger partial charge in [0.1, 0.15) is 5.75 Å². The molecule has 1 aromatic heterocycles. The molecule has 1 amide bonds. The fourth-order valence-electron chi connectivity index (χ4n) is 4.06. The number of nitrogens with zero attached hydrogens (tertiary/aromatic N) is 2. The van der Waals surface area contributed by atoms with Gasteiger partial charge in [0.15, 0.2) is 0 Å². The summed E-state index contributed by atoms with van der Waals surface area (Å²) < 4.78 is 32.8. The van der Waals surface area contributed by atoms with E-state index in [1.54, 1.807) is 35.6 Å². The molecule has 0 atom stereocenters. The molecule has 2 aromatic rings. The third-order valence-electron chi connectivity index (χ3n) is 5.70. The zero-order valence-corrected chi connectivity index (χ0v) is 18.2. The second-order valence-corrected chi connectivity index (χ2v) is 10.4. The molecule has 0 unspecified atom stereocenters. The number of benzene rings is 1. The zero-order valence-electron chi connectivity index (χ0n) is 16.5. The topological polar surface area (TPSA) is 66.9 Å². The van der Waals surface area contributed by atoms with Gasteiger partial charge in [0.25, 0.3) is 0 Å². The lowest BCUT2D eigenvalue weighted by Crippen LogP contribution is -2.45. The van der Waals surface area contributed by atoms with Crippen molar-refractivity contribution in [2.45, 2.75) is 37.6 Å². The first kappa shape index (κ1) is 20.4. The average molecular weight is 435 g/mol. The third kappa shape index (κ3) is 4.20. The Kier molecular flexibility index (Phi) is 5.94. The molecule has 2 aliphatic heterocycles. The van der Waals surface area contributed by atoms with Gasteiger partial charge in [-0.05, 0) is 67.5 Å². The minimum Gasteiger partial charge on any atom is -0.494 e. The number of rotatable bonds is 5. The van der Waals surface area contributed by atoms with Crippen LogP contribution in [0.5, 0.6) is 5.75 Å². The molecule has 3 heterocycles. The second-order valence-electron chi connectivity index (χ2n) is 7.46. The van der Waals surface area contributed by atoms with Crippen molar-refractivity contribution in [3.63, 3.8) is 0 Å². The Bertz CT molecular complexity index is 961. The van der Waals surface area contributed by atoms with Gasteiger partial charge in [0.2, 0.25) is 15.9 Å². The summed E-state index contributed by atoms with van der Waals surface area (Å²) >= 11 is 1.76. The van der Waals surface area contributed by atoms with Crippen molar-refractivity contribution in [3.8, 4) is 5.75 Å². The molecule has 1 saturated heterocycles. The van der Waals surface area contributed by atoms with E-state index in [2.05, 4.69) is 11.4 Å². The predicted molar refractivity (Wildman–Crippen MR) is 113 cm³/mol. The number of carbonyl (C=O) groups is 1. The van der Waals surface area contributed by atoms with E-state index in [9.17, 15) is 13.2 Å². The summed E-state index contributed by atoms with van der Waals surface area (Å²) in [6.45, 7) is 4.63. The quantitative estimate of drug-likeness (QED) is 0.725. The second kappa shape index (κ2) is 8.45. The van der Waals surface area contributed by atoms with Gasteiger partial charge in [0.05, 0.1) is 11.5 Å². The Labute approximate surface area is 176 Å². The van der Waals surface area contributed by atoms with E-state index >= 15 is 0 Å². The number of thiophene rings is 1. The molecule has 0 aliphatic carbocycles. The molecule has 1 fully saturated rings. The van der Waals surface area contributed by atoms with Gasteiger partial charge in [-0.15, -0.1) is 11.3 Å². The summed E-state index contributed by atoms with van der Waals surface area (Å²) in [5.74, 6) is 0.730. The number of ether oxygens (including phenoxy) is 1. The maximum Gasteiger partial charge on any atom is 0.243 e. The molecule has 4 rings (SSSR count). The fraction of sp³-hybridized carbons (Fsp3) is 0.476. The fourth-order valence-corrected chi connectivity index (χ4v) is 6.42. The smallest absolute Gasteiger partial charge is 0.243 e. The molecule has 0 spiro atoms. The lowest BCUT2D eigenvalue weighted by molar-refractivity contribution is -0.137. The summed E-state index contributed by atoms with van der Waals surface area (Å²) in [7, 11) is -3.55. The normalized spacial score (nSPS) is 18.4. The van der Waals surface area contributed by atoms with Crippen molar-refractivity contribution in [3.05, 3.63) is 46.2 Å². The van der Waals surface area contributed by atoms with Crippen LogP contribution in [0.1, 0.15) is 30.2 Å². The maximum absolute atomic E-state index is 13.0. The average Bonchev–Trinajstić information content (AvgIpc) is 3.22. The van der Waals surface area contributed by atoms with Crippen molar-refractivity contribution >= 4 is 27.3 Å². The number of carbonyl (C=O) groups excluding carboxylic acids is 1. The number of hydrogen-bond donors (Lipinski definition) is 0. The van der Waals surface area contributed by atoms with Crippen LogP contribution in [0.4, 0.5) is 0 Å². The molecular weight excluding hydrogens is 408 g/mol. The monoisotopic (exact) mass is 434 g/mol. The van der Waals surface area contributed by atoms with Crippen LogP contribution in [0.25, 0.3) is 0 Å². The first-order valence-electron chi connectivity index (χ1n) is 10.1. The Morgan fingerprint density at radius 2 is 1.86 bits per heavy atom. The van der Waals surface area contributed by atoms with Crippen molar-refractivity contribution in [1.82, 2.24) is 9.21 Å². The van der Waals surface area contributed by atoms with Gasteiger partial charge in [-0.2, -0.15) is 4.31 Å². The van der Waals surface area contributed by atoms with Gasteiger partial charge in [-0.25, -0.2) is 8.42 Å². The molecule has 0 saturated carbocycles. The minimum atomic E-state index is -3.55. The van der Waals surface area contributed by atoms with Crippen LogP contribution in [0.15, 0.2) is 40.6 Å². The highest BCUT2D eigenvalue weighted by Gasteiger charge is 2.34. The molecule has 156 valence electrons. The van der Waals surface area contributed by atoms with Crippen LogP contribution in [0.2, 0.25) is 0 Å². The van der Waals surface area contributed by atoms with E-state index in [0.29, 0.717) is 44.8 Å². The molecule has 0 radical (unpaired) electrons. The highest BCUT2D eigenvalue weighted by molar-refractivity contribution is 7.89. The lowest BCUT2D eigenvalue weighted by Gasteiger charge is -2.35. The summed E-state index contributed by atoms with van der Waals surface area (Å²) in [6.07, 6.45) is 2.06. The Balaban J connectivity index is 1.36. The first-order valence-corrected chi connectivity index (χ1v) is 12.4. The van der Waals surface area contributed by atoms with Crippen LogP contribution < -0.4 is 4.74 Å². The lowest BCUT2D eigenvalue weighted by atomic mass is 9.95. The van der Waals surface area contributed by atoms with Gasteiger partial charge in [-0.3, -0.25) is 4.79 Å². The molecular formula is C21H26N2O4S2. The van der Waals surface area contributed by atoms with E-state index in [1.165, 1.54) is 14.7 Å². The summed E-state index contributed by atoms with van der Waals surface area (Å²) in [5, 5.41) is 2.09. The first-order chi connectivity index (χ1) is 14.0. The standard InChI is InChI=1S/C21H26N2O4S2/c1-2-27-18-3-5-19(6-4-18)29(25,26)23-12-7-16(8-13-23)21(24)22-11-9-20-17(15-22)10-14-28-20/h3-6,10,14,16H,2,7-9,11-13,15H2,1H3. The van der Waals surface area contributed by atoms with Crippen LogP contribution in [-0.4, -0.2) is 49.8 Å². The van der Waals surface area contributed by atoms with E-state index < -0.39 is 10.0 Å². The number of piperidine rings is 1. The third-order valence-corrected chi connectivity index (χ3v) is 8.63. The van der Waals surface area contributed by atoms with Crippen molar-refractivity contribution in [2.75, 3.05) is 26.2 Å². The van der Waals surface area contributed by atoms with Gasteiger partial charge >= 0.3 is 0 Å². The highest BCUT2D eigenvalue weighted by Crippen LogP contribution is 2.29. The summed E-state index contributed by atoms with van der Waals surface area (Å²) in [4.78, 5) is 16.5. The summed E-state index contributed by atoms with van der Waals surface area (Å²) in [5.41, 5.74) is 1.25. The van der Waals surface area contributed by atoms with Crippen LogP contribution in [-0.2, 0) is 27.8 Å². The van der Waals surface area contributed by atoms with E-state index in [1.807, 2.05) is 11.8 Å². The predicted octanol–water partition coefficient (Wildman–Crippen LogP) is 3.13. The number of sulfonamides is 1. The molecule has 8 heteroatoms.